The van der Waals surface area contributed by atoms with Crippen LogP contribution in [0.3, 0.4) is 0 Å². The molecule has 0 radical (unpaired) electrons. The molecule has 0 bridgehead atoms. The van der Waals surface area contributed by atoms with Crippen molar-refractivity contribution in [3.8, 4) is 0 Å². The fraction of sp³-hybridized carbons (Fsp3) is 0.500. The van der Waals surface area contributed by atoms with E-state index < -0.39 is 0 Å². The lowest BCUT2D eigenvalue weighted by Gasteiger charge is -1.82. The number of hydrogen-bond donors (Lipinski definition) is 0. The summed E-state index contributed by atoms with van der Waals surface area (Å²) >= 11 is 4.65. The van der Waals surface area contributed by atoms with Crippen LogP contribution in [0.2, 0.25) is 0 Å². The Morgan fingerprint density at radius 3 is 2.33 bits per heavy atom. The first-order valence-electron chi connectivity index (χ1n) is 2.83. The lowest BCUT2D eigenvalue weighted by Crippen LogP contribution is -1.75. The maximum Gasteiger partial charge on any atom is 0.363 e. The SMILES string of the molecule is CCc1oc(=S)oc1C. The van der Waals surface area contributed by atoms with Gasteiger partial charge in [-0.05, 0) is 6.92 Å². The zero-order valence-electron chi connectivity index (χ0n) is 5.43. The quantitative estimate of drug-likeness (QED) is 0.566. The van der Waals surface area contributed by atoms with Gasteiger partial charge in [0.25, 0.3) is 0 Å². The van der Waals surface area contributed by atoms with Gasteiger partial charge in [-0.15, -0.1) is 0 Å². The maximum atomic E-state index is 5.01. The fourth-order valence-corrected chi connectivity index (χ4v) is 0.922. The van der Waals surface area contributed by atoms with E-state index in [1.54, 1.807) is 0 Å². The summed E-state index contributed by atoms with van der Waals surface area (Å²) in [5.41, 5.74) is 0. The Labute approximate surface area is 58.5 Å². The van der Waals surface area contributed by atoms with E-state index in [9.17, 15) is 0 Å². The normalized spacial score (nSPS) is 10.0. The van der Waals surface area contributed by atoms with Gasteiger partial charge in [0.05, 0.1) is 0 Å². The molecular formula is C6H8O2S. The van der Waals surface area contributed by atoms with Crippen molar-refractivity contribution in [3.63, 3.8) is 0 Å². The van der Waals surface area contributed by atoms with Crippen LogP contribution < -0.4 is 0 Å². The summed E-state index contributed by atoms with van der Waals surface area (Å²) in [7, 11) is 0. The summed E-state index contributed by atoms with van der Waals surface area (Å²) in [5, 5.41) is 0. The molecule has 0 fully saturated rings. The molecule has 0 aliphatic heterocycles. The van der Waals surface area contributed by atoms with Crippen LogP contribution in [0.4, 0.5) is 0 Å². The molecular weight excluding hydrogens is 136 g/mol. The zero-order valence-corrected chi connectivity index (χ0v) is 6.25. The van der Waals surface area contributed by atoms with Crippen molar-refractivity contribution in [2.24, 2.45) is 0 Å². The molecule has 9 heavy (non-hydrogen) atoms. The second kappa shape index (κ2) is 2.35. The van der Waals surface area contributed by atoms with E-state index in [1.165, 1.54) is 0 Å². The second-order valence-electron chi connectivity index (χ2n) is 1.79. The highest BCUT2D eigenvalue weighted by molar-refractivity contribution is 7.71. The summed E-state index contributed by atoms with van der Waals surface area (Å²) in [6.45, 7) is 3.84. The van der Waals surface area contributed by atoms with Crippen molar-refractivity contribution in [1.29, 1.82) is 0 Å². The van der Waals surface area contributed by atoms with Crippen LogP contribution in [0.25, 0.3) is 0 Å². The van der Waals surface area contributed by atoms with Crippen LogP contribution in [0.5, 0.6) is 0 Å². The second-order valence-corrected chi connectivity index (χ2v) is 2.12. The van der Waals surface area contributed by atoms with E-state index in [0.29, 0.717) is 0 Å². The third-order valence-corrected chi connectivity index (χ3v) is 1.32. The Hall–Kier alpha value is -0.570. The van der Waals surface area contributed by atoms with Gasteiger partial charge in [0.1, 0.15) is 11.5 Å². The Balaban J connectivity index is 3.16. The smallest absolute Gasteiger partial charge is 0.363 e. The molecule has 0 aliphatic rings. The molecule has 0 unspecified atom stereocenters. The van der Waals surface area contributed by atoms with E-state index in [-0.39, 0.29) is 4.90 Å². The average molecular weight is 144 g/mol. The summed E-state index contributed by atoms with van der Waals surface area (Å²) in [4.78, 5) is 0.226. The van der Waals surface area contributed by atoms with Crippen molar-refractivity contribution >= 4 is 12.2 Å². The predicted octanol–water partition coefficient (Wildman–Crippen LogP) is 2.47. The first-order valence-corrected chi connectivity index (χ1v) is 3.24. The molecule has 50 valence electrons. The minimum absolute atomic E-state index is 0.226. The monoisotopic (exact) mass is 144 g/mol. The van der Waals surface area contributed by atoms with Crippen molar-refractivity contribution in [1.82, 2.24) is 0 Å². The zero-order chi connectivity index (χ0) is 6.85. The minimum Gasteiger partial charge on any atom is -0.419 e. The largest absolute Gasteiger partial charge is 0.419 e. The van der Waals surface area contributed by atoms with Crippen LogP contribution in [-0.4, -0.2) is 0 Å². The molecule has 0 amide bonds. The fourth-order valence-electron chi connectivity index (χ4n) is 0.696. The average Bonchev–Trinajstić information content (AvgIpc) is 2.10. The van der Waals surface area contributed by atoms with E-state index in [2.05, 4.69) is 12.2 Å². The van der Waals surface area contributed by atoms with Gasteiger partial charge in [0, 0.05) is 18.6 Å². The third kappa shape index (κ3) is 1.21. The lowest BCUT2D eigenvalue weighted by molar-refractivity contribution is 0.402. The van der Waals surface area contributed by atoms with Crippen LogP contribution in [-0.2, 0) is 6.42 Å². The lowest BCUT2D eigenvalue weighted by atomic mass is 10.3. The summed E-state index contributed by atoms with van der Waals surface area (Å²) in [6, 6.07) is 0. The molecule has 1 heterocycles. The van der Waals surface area contributed by atoms with Gasteiger partial charge in [-0.1, -0.05) is 6.92 Å². The van der Waals surface area contributed by atoms with Gasteiger partial charge >= 0.3 is 4.90 Å². The van der Waals surface area contributed by atoms with E-state index >= 15 is 0 Å². The molecule has 3 heteroatoms. The van der Waals surface area contributed by atoms with Crippen molar-refractivity contribution in [2.45, 2.75) is 20.3 Å². The van der Waals surface area contributed by atoms with E-state index in [1.807, 2.05) is 13.8 Å². The highest BCUT2D eigenvalue weighted by Gasteiger charge is 2.01. The molecule has 0 saturated carbocycles. The van der Waals surface area contributed by atoms with E-state index in [4.69, 9.17) is 8.83 Å². The maximum absolute atomic E-state index is 5.01. The van der Waals surface area contributed by atoms with Crippen LogP contribution in [0.1, 0.15) is 18.4 Å². The first-order chi connectivity index (χ1) is 4.24. The summed E-state index contributed by atoms with van der Waals surface area (Å²) < 4.78 is 9.97. The Morgan fingerprint density at radius 2 is 2.11 bits per heavy atom. The van der Waals surface area contributed by atoms with E-state index in [0.717, 1.165) is 17.9 Å². The summed E-state index contributed by atoms with van der Waals surface area (Å²) in [5.74, 6) is 1.64. The van der Waals surface area contributed by atoms with Crippen molar-refractivity contribution < 1.29 is 8.83 Å². The minimum atomic E-state index is 0.226. The molecule has 1 rings (SSSR count). The van der Waals surface area contributed by atoms with Crippen LogP contribution in [0, 0.1) is 11.8 Å². The third-order valence-electron chi connectivity index (χ3n) is 1.16. The van der Waals surface area contributed by atoms with Gasteiger partial charge in [-0.2, -0.15) is 0 Å². The molecule has 1 aromatic rings. The molecule has 2 nitrogen and oxygen atoms in total. The van der Waals surface area contributed by atoms with Crippen LogP contribution >= 0.6 is 12.2 Å². The van der Waals surface area contributed by atoms with Gasteiger partial charge < -0.3 is 8.83 Å². The number of rotatable bonds is 1. The van der Waals surface area contributed by atoms with Gasteiger partial charge in [-0.3, -0.25) is 0 Å². The highest BCUT2D eigenvalue weighted by atomic mass is 32.1. The number of aryl methyl sites for hydroxylation is 2. The van der Waals surface area contributed by atoms with Gasteiger partial charge in [-0.25, -0.2) is 0 Å². The Bertz CT molecular complexity index is 246. The molecule has 1 aromatic heterocycles. The molecule has 0 spiro atoms. The topological polar surface area (TPSA) is 26.3 Å². The summed E-state index contributed by atoms with van der Waals surface area (Å²) in [6.07, 6.45) is 0.839. The first kappa shape index (κ1) is 6.55. The molecule has 0 N–H and O–H groups in total. The van der Waals surface area contributed by atoms with Crippen molar-refractivity contribution in [2.75, 3.05) is 0 Å². The predicted molar refractivity (Wildman–Crippen MR) is 35.9 cm³/mol. The number of hydrogen-bond acceptors (Lipinski definition) is 3. The van der Waals surface area contributed by atoms with Crippen molar-refractivity contribution in [3.05, 3.63) is 16.4 Å². The highest BCUT2D eigenvalue weighted by Crippen LogP contribution is 2.10. The molecule has 0 saturated heterocycles. The molecule has 0 aliphatic carbocycles. The molecule has 0 aromatic carbocycles. The van der Waals surface area contributed by atoms with Crippen LogP contribution in [0.15, 0.2) is 8.83 Å². The Kier molecular flexibility index (Phi) is 1.71. The van der Waals surface area contributed by atoms with Gasteiger partial charge in [0.2, 0.25) is 0 Å². The molecule has 0 atom stereocenters. The van der Waals surface area contributed by atoms with Gasteiger partial charge in [0.15, 0.2) is 0 Å². The Morgan fingerprint density at radius 1 is 1.44 bits per heavy atom. The standard InChI is InChI=1S/C6H8O2S/c1-3-5-4(2)7-6(9)8-5/h3H2,1-2H3.